The zero-order valence-corrected chi connectivity index (χ0v) is 10.4. The fourth-order valence-electron chi connectivity index (χ4n) is 1.73. The van der Waals surface area contributed by atoms with Gasteiger partial charge in [0.15, 0.2) is 0 Å². The molecule has 2 aromatic rings. The third-order valence-electron chi connectivity index (χ3n) is 2.78. The van der Waals surface area contributed by atoms with Crippen LogP contribution in [0.1, 0.15) is 21.5 Å². The van der Waals surface area contributed by atoms with E-state index in [-0.39, 0.29) is 5.91 Å². The second kappa shape index (κ2) is 4.87. The molecule has 0 aliphatic rings. The minimum atomic E-state index is -0.149. The molecule has 4 heteroatoms. The van der Waals surface area contributed by atoms with Gasteiger partial charge in [-0.1, -0.05) is 0 Å². The van der Waals surface area contributed by atoms with Gasteiger partial charge >= 0.3 is 0 Å². The first-order chi connectivity index (χ1) is 8.58. The Morgan fingerprint density at radius 1 is 1.22 bits per heavy atom. The van der Waals surface area contributed by atoms with Crippen molar-refractivity contribution >= 4 is 17.3 Å². The molecular weight excluding hydrogens is 226 g/mol. The average Bonchev–Trinajstić information content (AvgIpc) is 2.32. The van der Waals surface area contributed by atoms with Crippen molar-refractivity contribution in [2.75, 3.05) is 11.1 Å². The Bertz CT molecular complexity index is 593. The number of benzene rings is 1. The molecular formula is C14H15N3O. The number of nitrogens with zero attached hydrogens (tertiary/aromatic N) is 1. The van der Waals surface area contributed by atoms with Crippen LogP contribution in [0.4, 0.5) is 11.4 Å². The van der Waals surface area contributed by atoms with Crippen LogP contribution in [0, 0.1) is 13.8 Å². The quantitative estimate of drug-likeness (QED) is 0.794. The molecule has 0 spiro atoms. The van der Waals surface area contributed by atoms with Crippen molar-refractivity contribution in [3.63, 3.8) is 0 Å². The summed E-state index contributed by atoms with van der Waals surface area (Å²) in [7, 11) is 0. The molecule has 1 aromatic carbocycles. The molecule has 0 atom stereocenters. The predicted octanol–water partition coefficient (Wildman–Crippen LogP) is 2.53. The van der Waals surface area contributed by atoms with Gasteiger partial charge in [0, 0.05) is 17.4 Å². The lowest BCUT2D eigenvalue weighted by Gasteiger charge is -2.09. The van der Waals surface area contributed by atoms with Gasteiger partial charge in [0.1, 0.15) is 0 Å². The highest BCUT2D eigenvalue weighted by atomic mass is 16.1. The molecule has 0 bridgehead atoms. The normalized spacial score (nSPS) is 10.1. The zero-order valence-electron chi connectivity index (χ0n) is 10.4. The van der Waals surface area contributed by atoms with E-state index in [1.165, 1.54) is 0 Å². The summed E-state index contributed by atoms with van der Waals surface area (Å²) in [6, 6.07) is 7.08. The highest BCUT2D eigenvalue weighted by Crippen LogP contribution is 2.16. The standard InChI is InChI=1S/C14H15N3O/c1-9-5-6-16-8-13(9)17-14(18)12-4-3-11(15)7-10(12)2/h3-8H,15H2,1-2H3,(H,17,18). The van der Waals surface area contributed by atoms with Gasteiger partial charge < -0.3 is 11.1 Å². The van der Waals surface area contributed by atoms with E-state index in [1.807, 2.05) is 19.9 Å². The number of nitrogens with two attached hydrogens (primary N) is 1. The number of pyridine rings is 1. The highest BCUT2D eigenvalue weighted by molar-refractivity contribution is 6.05. The monoisotopic (exact) mass is 241 g/mol. The smallest absolute Gasteiger partial charge is 0.255 e. The van der Waals surface area contributed by atoms with Crippen LogP contribution in [-0.2, 0) is 0 Å². The first-order valence-corrected chi connectivity index (χ1v) is 5.66. The first-order valence-electron chi connectivity index (χ1n) is 5.66. The number of hydrogen-bond donors (Lipinski definition) is 2. The second-order valence-corrected chi connectivity index (χ2v) is 4.22. The molecule has 0 radical (unpaired) electrons. The van der Waals surface area contributed by atoms with Gasteiger partial charge in [-0.25, -0.2) is 0 Å². The molecule has 0 aliphatic carbocycles. The Morgan fingerprint density at radius 3 is 2.67 bits per heavy atom. The van der Waals surface area contributed by atoms with Crippen LogP contribution < -0.4 is 11.1 Å². The third-order valence-corrected chi connectivity index (χ3v) is 2.78. The van der Waals surface area contributed by atoms with E-state index in [0.717, 1.165) is 16.8 Å². The minimum Gasteiger partial charge on any atom is -0.399 e. The maximum Gasteiger partial charge on any atom is 0.255 e. The van der Waals surface area contributed by atoms with E-state index in [0.29, 0.717) is 11.3 Å². The highest BCUT2D eigenvalue weighted by Gasteiger charge is 2.10. The summed E-state index contributed by atoms with van der Waals surface area (Å²) in [6.07, 6.45) is 3.33. The van der Waals surface area contributed by atoms with Gasteiger partial charge in [0.05, 0.1) is 11.9 Å². The Kier molecular flexibility index (Phi) is 3.28. The SMILES string of the molecule is Cc1ccncc1NC(=O)c1ccc(N)cc1C. The summed E-state index contributed by atoms with van der Waals surface area (Å²) in [6.45, 7) is 3.79. The molecule has 92 valence electrons. The third kappa shape index (κ3) is 2.48. The van der Waals surface area contributed by atoms with Gasteiger partial charge in [-0.3, -0.25) is 9.78 Å². The van der Waals surface area contributed by atoms with Gasteiger partial charge in [-0.15, -0.1) is 0 Å². The van der Waals surface area contributed by atoms with Gasteiger partial charge in [-0.2, -0.15) is 0 Å². The topological polar surface area (TPSA) is 68.0 Å². The first kappa shape index (κ1) is 12.1. The summed E-state index contributed by atoms with van der Waals surface area (Å²) in [4.78, 5) is 16.1. The van der Waals surface area contributed by atoms with Gasteiger partial charge in [-0.05, 0) is 49.2 Å². The summed E-state index contributed by atoms with van der Waals surface area (Å²) in [5.41, 5.74) is 9.49. The number of rotatable bonds is 2. The summed E-state index contributed by atoms with van der Waals surface area (Å²) in [5, 5.41) is 2.84. The number of nitrogens with one attached hydrogen (secondary N) is 1. The van der Waals surface area contributed by atoms with Crippen LogP contribution in [-0.4, -0.2) is 10.9 Å². The summed E-state index contributed by atoms with van der Waals surface area (Å²) < 4.78 is 0. The number of amides is 1. The Labute approximate surface area is 106 Å². The van der Waals surface area contributed by atoms with Crippen molar-refractivity contribution in [2.45, 2.75) is 13.8 Å². The van der Waals surface area contributed by atoms with E-state index >= 15 is 0 Å². The van der Waals surface area contributed by atoms with Crippen LogP contribution >= 0.6 is 0 Å². The van der Waals surface area contributed by atoms with Gasteiger partial charge in [0.2, 0.25) is 0 Å². The van der Waals surface area contributed by atoms with Crippen molar-refractivity contribution in [3.05, 3.63) is 53.3 Å². The lowest BCUT2D eigenvalue weighted by molar-refractivity contribution is 0.102. The number of aryl methyl sites for hydroxylation is 2. The molecule has 1 amide bonds. The van der Waals surface area contributed by atoms with Crippen molar-refractivity contribution < 1.29 is 4.79 Å². The fraction of sp³-hybridized carbons (Fsp3) is 0.143. The number of carbonyl (C=O) groups excluding carboxylic acids is 1. The van der Waals surface area contributed by atoms with E-state index in [2.05, 4.69) is 10.3 Å². The van der Waals surface area contributed by atoms with E-state index in [9.17, 15) is 4.79 Å². The van der Waals surface area contributed by atoms with E-state index < -0.39 is 0 Å². The van der Waals surface area contributed by atoms with Crippen molar-refractivity contribution in [1.82, 2.24) is 4.98 Å². The molecule has 18 heavy (non-hydrogen) atoms. The maximum absolute atomic E-state index is 12.1. The molecule has 4 nitrogen and oxygen atoms in total. The van der Waals surface area contributed by atoms with E-state index in [1.54, 1.807) is 30.6 Å². The van der Waals surface area contributed by atoms with Gasteiger partial charge in [0.25, 0.3) is 5.91 Å². The molecule has 2 rings (SSSR count). The zero-order chi connectivity index (χ0) is 13.1. The largest absolute Gasteiger partial charge is 0.399 e. The Morgan fingerprint density at radius 2 is 2.00 bits per heavy atom. The fourth-order valence-corrected chi connectivity index (χ4v) is 1.73. The number of carbonyl (C=O) groups is 1. The number of aromatic nitrogens is 1. The number of nitrogen functional groups attached to an aromatic ring is 1. The summed E-state index contributed by atoms with van der Waals surface area (Å²) in [5.74, 6) is -0.149. The van der Waals surface area contributed by atoms with Crippen molar-refractivity contribution in [2.24, 2.45) is 0 Å². The number of hydrogen-bond acceptors (Lipinski definition) is 3. The molecule has 3 N–H and O–H groups in total. The maximum atomic E-state index is 12.1. The molecule has 0 fully saturated rings. The second-order valence-electron chi connectivity index (χ2n) is 4.22. The predicted molar refractivity (Wildman–Crippen MR) is 72.5 cm³/mol. The van der Waals surface area contributed by atoms with E-state index in [4.69, 9.17) is 5.73 Å². The van der Waals surface area contributed by atoms with Crippen molar-refractivity contribution in [3.8, 4) is 0 Å². The average molecular weight is 241 g/mol. The molecule has 0 unspecified atom stereocenters. The van der Waals surface area contributed by atoms with Crippen LogP contribution in [0.5, 0.6) is 0 Å². The lowest BCUT2D eigenvalue weighted by Crippen LogP contribution is -2.14. The van der Waals surface area contributed by atoms with Crippen LogP contribution in [0.25, 0.3) is 0 Å². The molecule has 0 saturated heterocycles. The van der Waals surface area contributed by atoms with Crippen molar-refractivity contribution in [1.29, 1.82) is 0 Å². The Balaban J connectivity index is 2.25. The number of anilines is 2. The molecule has 0 aliphatic heterocycles. The van der Waals surface area contributed by atoms with Crippen LogP contribution in [0.2, 0.25) is 0 Å². The minimum absolute atomic E-state index is 0.149. The molecule has 1 heterocycles. The summed E-state index contributed by atoms with van der Waals surface area (Å²) >= 11 is 0. The molecule has 1 aromatic heterocycles. The van der Waals surface area contributed by atoms with Crippen LogP contribution in [0.3, 0.4) is 0 Å². The van der Waals surface area contributed by atoms with Crippen LogP contribution in [0.15, 0.2) is 36.7 Å². The Hall–Kier alpha value is -2.36. The lowest BCUT2D eigenvalue weighted by atomic mass is 10.1. The molecule has 0 saturated carbocycles.